The SMILES string of the molecule is O=C(c1ccc(-c2ccccn2)[nH]c1=O)N1CCCCCC1. The topological polar surface area (TPSA) is 66.1 Å². The number of likely N-dealkylation sites (tertiary alicyclic amines) is 1. The molecular formula is C17H19N3O2. The molecule has 2 aromatic rings. The molecule has 0 atom stereocenters. The standard InChI is InChI=1S/C17H19N3O2/c21-16-13(17(22)20-11-5-1-2-6-12-20)8-9-15(19-16)14-7-3-4-10-18-14/h3-4,7-10H,1-2,5-6,11-12H2,(H,19,21). The Morgan fingerprint density at radius 3 is 2.45 bits per heavy atom. The molecule has 2 aromatic heterocycles. The van der Waals surface area contributed by atoms with Gasteiger partial charge in [0.25, 0.3) is 11.5 Å². The van der Waals surface area contributed by atoms with Crippen molar-refractivity contribution in [1.29, 1.82) is 0 Å². The Hall–Kier alpha value is -2.43. The van der Waals surface area contributed by atoms with Crippen LogP contribution in [0.5, 0.6) is 0 Å². The van der Waals surface area contributed by atoms with E-state index in [0.717, 1.165) is 38.8 Å². The van der Waals surface area contributed by atoms with Crippen LogP contribution in [-0.4, -0.2) is 33.9 Å². The number of hydrogen-bond acceptors (Lipinski definition) is 3. The lowest BCUT2D eigenvalue weighted by Crippen LogP contribution is -2.35. The molecule has 3 heterocycles. The lowest BCUT2D eigenvalue weighted by Gasteiger charge is -2.19. The second kappa shape index (κ2) is 6.56. The van der Waals surface area contributed by atoms with Crippen LogP contribution in [0.15, 0.2) is 41.3 Å². The van der Waals surface area contributed by atoms with E-state index in [-0.39, 0.29) is 17.0 Å². The number of carbonyl (C=O) groups is 1. The second-order valence-corrected chi connectivity index (χ2v) is 5.54. The van der Waals surface area contributed by atoms with Gasteiger partial charge < -0.3 is 9.88 Å². The summed E-state index contributed by atoms with van der Waals surface area (Å²) in [6.07, 6.45) is 5.99. The number of carbonyl (C=O) groups excluding carboxylic acids is 1. The first kappa shape index (κ1) is 14.5. The zero-order valence-electron chi connectivity index (χ0n) is 12.4. The van der Waals surface area contributed by atoms with E-state index < -0.39 is 0 Å². The average Bonchev–Trinajstić information content (AvgIpc) is 2.84. The number of nitrogens with zero attached hydrogens (tertiary/aromatic N) is 2. The van der Waals surface area contributed by atoms with E-state index >= 15 is 0 Å². The Balaban J connectivity index is 1.86. The number of hydrogen-bond donors (Lipinski definition) is 1. The van der Waals surface area contributed by atoms with Gasteiger partial charge in [-0.25, -0.2) is 0 Å². The van der Waals surface area contributed by atoms with Crippen molar-refractivity contribution in [2.24, 2.45) is 0 Å². The summed E-state index contributed by atoms with van der Waals surface area (Å²) in [5.41, 5.74) is 1.17. The van der Waals surface area contributed by atoms with Crippen LogP contribution in [0, 0.1) is 0 Å². The van der Waals surface area contributed by atoms with Crippen LogP contribution in [0.25, 0.3) is 11.4 Å². The first-order valence-electron chi connectivity index (χ1n) is 7.70. The van der Waals surface area contributed by atoms with Crippen molar-refractivity contribution in [2.45, 2.75) is 25.7 Å². The predicted octanol–water partition coefficient (Wildman–Crippen LogP) is 2.45. The fraction of sp³-hybridized carbons (Fsp3) is 0.353. The molecule has 1 aliphatic rings. The fourth-order valence-electron chi connectivity index (χ4n) is 2.76. The summed E-state index contributed by atoms with van der Waals surface area (Å²) in [6, 6.07) is 8.85. The molecule has 1 N–H and O–H groups in total. The molecule has 1 fully saturated rings. The van der Waals surface area contributed by atoms with Crippen molar-refractivity contribution < 1.29 is 4.79 Å². The Bertz CT molecular complexity index is 701. The lowest BCUT2D eigenvalue weighted by molar-refractivity contribution is 0.0760. The van der Waals surface area contributed by atoms with Crippen LogP contribution in [0.3, 0.4) is 0 Å². The third-order valence-electron chi connectivity index (χ3n) is 3.97. The van der Waals surface area contributed by atoms with Crippen molar-refractivity contribution in [3.8, 4) is 11.4 Å². The largest absolute Gasteiger partial charge is 0.338 e. The molecule has 1 saturated heterocycles. The van der Waals surface area contributed by atoms with Crippen molar-refractivity contribution >= 4 is 5.91 Å². The molecule has 0 radical (unpaired) electrons. The third kappa shape index (κ3) is 3.08. The molecule has 0 saturated carbocycles. The number of amides is 1. The lowest BCUT2D eigenvalue weighted by atomic mass is 10.2. The van der Waals surface area contributed by atoms with Crippen LogP contribution in [0.1, 0.15) is 36.0 Å². The molecule has 0 spiro atoms. The first-order valence-corrected chi connectivity index (χ1v) is 7.70. The molecule has 0 aromatic carbocycles. The summed E-state index contributed by atoms with van der Waals surface area (Å²) in [5.74, 6) is -0.171. The van der Waals surface area contributed by atoms with Gasteiger partial charge in [0.2, 0.25) is 0 Å². The fourth-order valence-corrected chi connectivity index (χ4v) is 2.76. The number of aromatic amines is 1. The number of nitrogens with one attached hydrogen (secondary N) is 1. The minimum Gasteiger partial charge on any atom is -0.338 e. The summed E-state index contributed by atoms with van der Waals surface area (Å²) >= 11 is 0. The number of aromatic nitrogens is 2. The normalized spacial score (nSPS) is 15.4. The molecule has 3 rings (SSSR count). The van der Waals surface area contributed by atoms with Gasteiger partial charge in [0.1, 0.15) is 5.56 Å². The highest BCUT2D eigenvalue weighted by Gasteiger charge is 2.20. The highest BCUT2D eigenvalue weighted by Crippen LogP contribution is 2.14. The highest BCUT2D eigenvalue weighted by molar-refractivity contribution is 5.94. The predicted molar refractivity (Wildman–Crippen MR) is 84.7 cm³/mol. The molecular weight excluding hydrogens is 278 g/mol. The van der Waals surface area contributed by atoms with Gasteiger partial charge in [0.15, 0.2) is 0 Å². The van der Waals surface area contributed by atoms with Crippen molar-refractivity contribution in [1.82, 2.24) is 14.9 Å². The van der Waals surface area contributed by atoms with E-state index in [1.165, 1.54) is 0 Å². The molecule has 0 aliphatic carbocycles. The molecule has 0 unspecified atom stereocenters. The summed E-state index contributed by atoms with van der Waals surface area (Å²) in [6.45, 7) is 1.47. The highest BCUT2D eigenvalue weighted by atomic mass is 16.2. The molecule has 0 bridgehead atoms. The third-order valence-corrected chi connectivity index (χ3v) is 3.97. The van der Waals surface area contributed by atoms with Gasteiger partial charge in [0, 0.05) is 19.3 Å². The summed E-state index contributed by atoms with van der Waals surface area (Å²) in [4.78, 5) is 33.5. The summed E-state index contributed by atoms with van der Waals surface area (Å²) in [7, 11) is 0. The van der Waals surface area contributed by atoms with Gasteiger partial charge in [-0.15, -0.1) is 0 Å². The molecule has 1 amide bonds. The average molecular weight is 297 g/mol. The molecule has 22 heavy (non-hydrogen) atoms. The quantitative estimate of drug-likeness (QED) is 0.926. The Morgan fingerprint density at radius 1 is 1.05 bits per heavy atom. The van der Waals surface area contributed by atoms with Crippen LogP contribution in [0.2, 0.25) is 0 Å². The minimum atomic E-state index is -0.350. The second-order valence-electron chi connectivity index (χ2n) is 5.54. The first-order chi connectivity index (χ1) is 10.8. The van der Waals surface area contributed by atoms with Gasteiger partial charge in [-0.3, -0.25) is 14.6 Å². The van der Waals surface area contributed by atoms with E-state index in [1.807, 2.05) is 18.2 Å². The molecule has 114 valence electrons. The van der Waals surface area contributed by atoms with E-state index in [4.69, 9.17) is 0 Å². The Kier molecular flexibility index (Phi) is 4.32. The van der Waals surface area contributed by atoms with Gasteiger partial charge in [-0.05, 0) is 37.1 Å². The van der Waals surface area contributed by atoms with Crippen molar-refractivity contribution in [3.05, 3.63) is 52.4 Å². The Labute approximate surface area is 129 Å². The summed E-state index contributed by atoms with van der Waals surface area (Å²) < 4.78 is 0. The zero-order valence-corrected chi connectivity index (χ0v) is 12.4. The van der Waals surface area contributed by atoms with Crippen molar-refractivity contribution in [2.75, 3.05) is 13.1 Å². The number of pyridine rings is 2. The maximum Gasteiger partial charge on any atom is 0.261 e. The van der Waals surface area contributed by atoms with Crippen molar-refractivity contribution in [3.63, 3.8) is 0 Å². The van der Waals surface area contributed by atoms with Gasteiger partial charge in [0.05, 0.1) is 11.4 Å². The van der Waals surface area contributed by atoms with Gasteiger partial charge >= 0.3 is 0 Å². The van der Waals surface area contributed by atoms with E-state index in [2.05, 4.69) is 9.97 Å². The maximum absolute atomic E-state index is 12.5. The van der Waals surface area contributed by atoms with Gasteiger partial charge in [-0.2, -0.15) is 0 Å². The molecule has 5 heteroatoms. The molecule has 1 aliphatic heterocycles. The molecule has 5 nitrogen and oxygen atoms in total. The zero-order chi connectivity index (χ0) is 15.4. The number of H-pyrrole nitrogens is 1. The van der Waals surface area contributed by atoms with Crippen LogP contribution >= 0.6 is 0 Å². The van der Waals surface area contributed by atoms with Crippen LogP contribution in [-0.2, 0) is 0 Å². The Morgan fingerprint density at radius 2 is 1.82 bits per heavy atom. The van der Waals surface area contributed by atoms with E-state index in [1.54, 1.807) is 23.2 Å². The van der Waals surface area contributed by atoms with Gasteiger partial charge in [-0.1, -0.05) is 18.9 Å². The minimum absolute atomic E-state index is 0.171. The van der Waals surface area contributed by atoms with E-state index in [9.17, 15) is 9.59 Å². The van der Waals surface area contributed by atoms with Crippen LogP contribution < -0.4 is 5.56 Å². The summed E-state index contributed by atoms with van der Waals surface area (Å²) in [5, 5.41) is 0. The van der Waals surface area contributed by atoms with Crippen LogP contribution in [0.4, 0.5) is 0 Å². The smallest absolute Gasteiger partial charge is 0.261 e. The maximum atomic E-state index is 12.5. The monoisotopic (exact) mass is 297 g/mol. The number of rotatable bonds is 2. The van der Waals surface area contributed by atoms with E-state index in [0.29, 0.717) is 11.4 Å².